The number of hydrogen-bond donors (Lipinski definition) is 1. The number of carbonyl (C=O) groups is 1. The Morgan fingerprint density at radius 3 is 2.50 bits per heavy atom. The number of carbonyl (C=O) groups excluding carboxylic acids is 1. The number of nitrogens with zero attached hydrogens (tertiary/aromatic N) is 1. The summed E-state index contributed by atoms with van der Waals surface area (Å²) in [5.74, 6) is -0.184. The van der Waals surface area contributed by atoms with Crippen LogP contribution < -0.4 is 5.32 Å². The highest BCUT2D eigenvalue weighted by Gasteiger charge is 2.21. The first-order valence-electron chi connectivity index (χ1n) is 6.42. The van der Waals surface area contributed by atoms with Gasteiger partial charge in [0.2, 0.25) is 5.91 Å². The third kappa shape index (κ3) is 3.38. The van der Waals surface area contributed by atoms with Crippen LogP contribution in [0.4, 0.5) is 0 Å². The first kappa shape index (κ1) is 15.0. The standard InChI is InChI=1S/C15H17ClN2OS/c1-9-14(20-11(3)17-9)10(2)18-15(19)13(16)12-7-5-4-6-8-12/h4-8,10,13H,1-3H3,(H,18,19). The maximum Gasteiger partial charge on any atom is 0.243 e. The van der Waals surface area contributed by atoms with Gasteiger partial charge in [0.1, 0.15) is 5.38 Å². The second-order valence-corrected chi connectivity index (χ2v) is 6.36. The molecule has 1 aromatic carbocycles. The van der Waals surface area contributed by atoms with E-state index in [4.69, 9.17) is 11.6 Å². The Balaban J connectivity index is 2.06. The van der Waals surface area contributed by atoms with Crippen LogP contribution in [0.3, 0.4) is 0 Å². The van der Waals surface area contributed by atoms with Gasteiger partial charge in [0, 0.05) is 4.88 Å². The van der Waals surface area contributed by atoms with E-state index in [0.29, 0.717) is 0 Å². The van der Waals surface area contributed by atoms with E-state index >= 15 is 0 Å². The van der Waals surface area contributed by atoms with Gasteiger partial charge in [-0.05, 0) is 26.3 Å². The summed E-state index contributed by atoms with van der Waals surface area (Å²) >= 11 is 7.81. The highest BCUT2D eigenvalue weighted by molar-refractivity contribution is 7.11. The molecule has 3 nitrogen and oxygen atoms in total. The lowest BCUT2D eigenvalue weighted by molar-refractivity contribution is -0.121. The summed E-state index contributed by atoms with van der Waals surface area (Å²) in [6, 6.07) is 9.26. The third-order valence-corrected chi connectivity index (χ3v) is 4.72. The molecular weight excluding hydrogens is 292 g/mol. The van der Waals surface area contributed by atoms with Crippen LogP contribution in [0.2, 0.25) is 0 Å². The predicted molar refractivity (Wildman–Crippen MR) is 83.2 cm³/mol. The highest BCUT2D eigenvalue weighted by Crippen LogP contribution is 2.26. The second-order valence-electron chi connectivity index (χ2n) is 4.69. The van der Waals surface area contributed by atoms with Crippen molar-refractivity contribution < 1.29 is 4.79 Å². The van der Waals surface area contributed by atoms with E-state index in [2.05, 4.69) is 10.3 Å². The molecule has 0 saturated heterocycles. The molecule has 0 saturated carbocycles. The first-order chi connectivity index (χ1) is 9.49. The fourth-order valence-corrected chi connectivity index (χ4v) is 3.21. The minimum absolute atomic E-state index is 0.0846. The van der Waals surface area contributed by atoms with E-state index in [0.717, 1.165) is 21.1 Å². The normalized spacial score (nSPS) is 13.8. The predicted octanol–water partition coefficient (Wildman–Crippen LogP) is 3.92. The molecule has 106 valence electrons. The Kier molecular flexibility index (Phi) is 4.78. The maximum atomic E-state index is 12.2. The van der Waals surface area contributed by atoms with Crippen molar-refractivity contribution in [2.24, 2.45) is 0 Å². The van der Waals surface area contributed by atoms with Crippen LogP contribution in [0.5, 0.6) is 0 Å². The van der Waals surface area contributed by atoms with Gasteiger partial charge in [-0.1, -0.05) is 30.3 Å². The van der Waals surface area contributed by atoms with Crippen molar-refractivity contribution in [3.63, 3.8) is 0 Å². The number of alkyl halides is 1. The number of halogens is 1. The monoisotopic (exact) mass is 308 g/mol. The van der Waals surface area contributed by atoms with Gasteiger partial charge >= 0.3 is 0 Å². The summed E-state index contributed by atoms with van der Waals surface area (Å²) in [6.45, 7) is 5.87. The molecule has 0 bridgehead atoms. The number of aryl methyl sites for hydroxylation is 2. The molecule has 0 aliphatic carbocycles. The zero-order valence-corrected chi connectivity index (χ0v) is 13.3. The number of thiazole rings is 1. The van der Waals surface area contributed by atoms with Crippen LogP contribution in [-0.2, 0) is 4.79 Å². The van der Waals surface area contributed by atoms with Gasteiger partial charge in [0.15, 0.2) is 0 Å². The molecule has 2 unspecified atom stereocenters. The summed E-state index contributed by atoms with van der Waals surface area (Å²) in [6.07, 6.45) is 0. The molecular formula is C15H17ClN2OS. The van der Waals surface area contributed by atoms with E-state index in [-0.39, 0.29) is 11.9 Å². The molecule has 0 aliphatic rings. The number of benzene rings is 1. The average molecular weight is 309 g/mol. The SMILES string of the molecule is Cc1nc(C)c(C(C)NC(=O)C(Cl)c2ccccc2)s1. The van der Waals surface area contributed by atoms with Crippen molar-refractivity contribution in [2.75, 3.05) is 0 Å². The Hall–Kier alpha value is -1.39. The van der Waals surface area contributed by atoms with Crippen LogP contribution in [0.1, 0.15) is 39.5 Å². The molecule has 5 heteroatoms. The summed E-state index contributed by atoms with van der Waals surface area (Å²) in [7, 11) is 0. The maximum absolute atomic E-state index is 12.2. The number of nitrogens with one attached hydrogen (secondary N) is 1. The van der Waals surface area contributed by atoms with Gasteiger partial charge in [-0.2, -0.15) is 0 Å². The van der Waals surface area contributed by atoms with Crippen molar-refractivity contribution >= 4 is 28.8 Å². The van der Waals surface area contributed by atoms with Crippen LogP contribution in [0.25, 0.3) is 0 Å². The highest BCUT2D eigenvalue weighted by atomic mass is 35.5. The topological polar surface area (TPSA) is 42.0 Å². The average Bonchev–Trinajstić information content (AvgIpc) is 2.78. The van der Waals surface area contributed by atoms with Gasteiger partial charge in [-0.25, -0.2) is 4.98 Å². The van der Waals surface area contributed by atoms with Crippen molar-refractivity contribution in [3.8, 4) is 0 Å². The molecule has 2 rings (SSSR count). The molecule has 1 aromatic heterocycles. The lowest BCUT2D eigenvalue weighted by Gasteiger charge is -2.16. The van der Waals surface area contributed by atoms with Crippen LogP contribution in [0, 0.1) is 13.8 Å². The summed E-state index contributed by atoms with van der Waals surface area (Å²) < 4.78 is 0. The lowest BCUT2D eigenvalue weighted by Crippen LogP contribution is -2.29. The second kappa shape index (κ2) is 6.37. The van der Waals surface area contributed by atoms with E-state index in [1.807, 2.05) is 51.1 Å². The van der Waals surface area contributed by atoms with E-state index < -0.39 is 5.38 Å². The zero-order chi connectivity index (χ0) is 14.7. The molecule has 1 amide bonds. The van der Waals surface area contributed by atoms with E-state index in [9.17, 15) is 4.79 Å². The lowest BCUT2D eigenvalue weighted by atomic mass is 10.1. The third-order valence-electron chi connectivity index (χ3n) is 3.01. The van der Waals surface area contributed by atoms with Gasteiger partial charge in [0.05, 0.1) is 16.7 Å². The number of aromatic nitrogens is 1. The molecule has 0 fully saturated rings. The summed E-state index contributed by atoms with van der Waals surface area (Å²) in [5, 5.41) is 3.28. The molecule has 0 radical (unpaired) electrons. The summed E-state index contributed by atoms with van der Waals surface area (Å²) in [4.78, 5) is 17.6. The van der Waals surface area contributed by atoms with Gasteiger partial charge in [-0.3, -0.25) is 4.79 Å². The number of rotatable bonds is 4. The molecule has 20 heavy (non-hydrogen) atoms. The smallest absolute Gasteiger partial charge is 0.243 e. The van der Waals surface area contributed by atoms with Crippen molar-refractivity contribution in [2.45, 2.75) is 32.2 Å². The fraction of sp³-hybridized carbons (Fsp3) is 0.333. The Morgan fingerprint density at radius 1 is 1.30 bits per heavy atom. The Bertz CT molecular complexity index is 597. The molecule has 0 aliphatic heterocycles. The van der Waals surface area contributed by atoms with Crippen molar-refractivity contribution in [3.05, 3.63) is 51.5 Å². The zero-order valence-electron chi connectivity index (χ0n) is 11.7. The molecule has 2 atom stereocenters. The van der Waals surface area contributed by atoms with Gasteiger partial charge in [0.25, 0.3) is 0 Å². The molecule has 2 aromatic rings. The van der Waals surface area contributed by atoms with Gasteiger partial charge < -0.3 is 5.32 Å². The van der Waals surface area contributed by atoms with Crippen LogP contribution in [0.15, 0.2) is 30.3 Å². The van der Waals surface area contributed by atoms with Crippen molar-refractivity contribution in [1.82, 2.24) is 10.3 Å². The first-order valence-corrected chi connectivity index (χ1v) is 7.67. The van der Waals surface area contributed by atoms with E-state index in [1.165, 1.54) is 0 Å². The minimum atomic E-state index is -0.673. The van der Waals surface area contributed by atoms with Crippen LogP contribution >= 0.6 is 22.9 Å². The largest absolute Gasteiger partial charge is 0.347 e. The molecule has 1 N–H and O–H groups in total. The quantitative estimate of drug-likeness (QED) is 0.870. The Morgan fingerprint density at radius 2 is 1.95 bits per heavy atom. The number of amides is 1. The minimum Gasteiger partial charge on any atom is -0.347 e. The molecule has 0 spiro atoms. The Labute approximate surface area is 128 Å². The fourth-order valence-electron chi connectivity index (χ4n) is 2.07. The van der Waals surface area contributed by atoms with Crippen LogP contribution in [-0.4, -0.2) is 10.9 Å². The van der Waals surface area contributed by atoms with Crippen molar-refractivity contribution in [1.29, 1.82) is 0 Å². The summed E-state index contributed by atoms with van der Waals surface area (Å²) in [5.41, 5.74) is 1.77. The van der Waals surface area contributed by atoms with E-state index in [1.54, 1.807) is 11.3 Å². The number of hydrogen-bond acceptors (Lipinski definition) is 3. The molecule has 1 heterocycles. The van der Waals surface area contributed by atoms with Gasteiger partial charge in [-0.15, -0.1) is 22.9 Å².